The van der Waals surface area contributed by atoms with Crippen LogP contribution in [0.1, 0.15) is 31.8 Å². The minimum Gasteiger partial charge on any atom is -0.507 e. The number of phenolic OH excluding ortho intramolecular Hbond substituents is 2. The molecule has 0 heterocycles. The second kappa shape index (κ2) is 8.02. The van der Waals surface area contributed by atoms with E-state index >= 15 is 0 Å². The summed E-state index contributed by atoms with van der Waals surface area (Å²) in [6.45, 7) is 0. The molecule has 28 heavy (non-hydrogen) atoms. The summed E-state index contributed by atoms with van der Waals surface area (Å²) in [6.07, 6.45) is 0. The van der Waals surface area contributed by atoms with Gasteiger partial charge in [0.15, 0.2) is 5.78 Å². The molecule has 0 aliphatic carbocycles. The molecule has 4 nitrogen and oxygen atoms in total. The van der Waals surface area contributed by atoms with Gasteiger partial charge < -0.3 is 10.2 Å². The minimum atomic E-state index is -0.770. The third-order valence-electron chi connectivity index (χ3n) is 3.98. The number of halogens is 4. The van der Waals surface area contributed by atoms with Crippen LogP contribution in [0.4, 0.5) is 0 Å². The molecular formula is C20H10Cl4O4. The van der Waals surface area contributed by atoms with Gasteiger partial charge in [-0.15, -0.1) is 0 Å². The number of carbonyl (C=O) groups is 2. The molecule has 0 spiro atoms. The van der Waals surface area contributed by atoms with Crippen LogP contribution in [0.5, 0.6) is 11.5 Å². The Kier molecular flexibility index (Phi) is 5.87. The van der Waals surface area contributed by atoms with Crippen molar-refractivity contribution in [2.45, 2.75) is 0 Å². The van der Waals surface area contributed by atoms with Gasteiger partial charge in [-0.1, -0.05) is 46.4 Å². The number of hydrogen-bond donors (Lipinski definition) is 2. The van der Waals surface area contributed by atoms with E-state index in [1.807, 2.05) is 0 Å². The van der Waals surface area contributed by atoms with Crippen LogP contribution in [0.15, 0.2) is 48.5 Å². The molecule has 0 aliphatic rings. The lowest BCUT2D eigenvalue weighted by molar-refractivity contribution is 0.103. The highest BCUT2D eigenvalue weighted by Gasteiger charge is 2.26. The van der Waals surface area contributed by atoms with Crippen LogP contribution in [-0.4, -0.2) is 21.8 Å². The normalized spacial score (nSPS) is 10.7. The van der Waals surface area contributed by atoms with Gasteiger partial charge in [0.1, 0.15) is 17.1 Å². The zero-order chi connectivity index (χ0) is 20.6. The average molecular weight is 456 g/mol. The highest BCUT2D eigenvalue weighted by molar-refractivity contribution is 6.39. The summed E-state index contributed by atoms with van der Waals surface area (Å²) in [5.74, 6) is -2.61. The third kappa shape index (κ3) is 3.82. The second-order valence-corrected chi connectivity index (χ2v) is 7.45. The smallest absolute Gasteiger partial charge is 0.202 e. The molecule has 3 aromatic carbocycles. The molecule has 0 amide bonds. The van der Waals surface area contributed by atoms with E-state index in [0.29, 0.717) is 10.0 Å². The topological polar surface area (TPSA) is 74.6 Å². The standard InChI is InChI=1S/C20H10Cl4O4/c21-9-1-3-11(14(23)7-9)18(26)13-5-6-16(25)17(20(13)28)19(27)12-4-2-10(22)8-15(12)24/h1-8,25,28H. The molecule has 3 aromatic rings. The maximum atomic E-state index is 12.8. The molecule has 0 unspecified atom stereocenters. The van der Waals surface area contributed by atoms with Crippen molar-refractivity contribution in [3.05, 3.63) is 90.9 Å². The van der Waals surface area contributed by atoms with Crippen molar-refractivity contribution >= 4 is 58.0 Å². The number of carbonyl (C=O) groups excluding carboxylic acids is 2. The van der Waals surface area contributed by atoms with E-state index in [1.165, 1.54) is 42.5 Å². The van der Waals surface area contributed by atoms with Gasteiger partial charge >= 0.3 is 0 Å². The highest BCUT2D eigenvalue weighted by atomic mass is 35.5. The number of phenols is 2. The fraction of sp³-hybridized carbons (Fsp3) is 0. The molecule has 0 fully saturated rings. The number of rotatable bonds is 4. The summed E-state index contributed by atoms with van der Waals surface area (Å²) in [5, 5.41) is 21.5. The van der Waals surface area contributed by atoms with Gasteiger partial charge in [-0.25, -0.2) is 0 Å². The molecule has 142 valence electrons. The zero-order valence-electron chi connectivity index (χ0n) is 13.8. The number of benzene rings is 3. The Morgan fingerprint density at radius 2 is 1.11 bits per heavy atom. The van der Waals surface area contributed by atoms with Crippen molar-refractivity contribution < 1.29 is 19.8 Å². The SMILES string of the molecule is O=C(c1ccc(Cl)cc1Cl)c1ccc(O)c(C(=O)c2ccc(Cl)cc2Cl)c1O. The minimum absolute atomic E-state index is 0.00536. The Morgan fingerprint density at radius 3 is 1.61 bits per heavy atom. The first-order valence-corrected chi connectivity index (χ1v) is 9.26. The molecule has 0 aromatic heterocycles. The Balaban J connectivity index is 2.12. The third-order valence-corrected chi connectivity index (χ3v) is 5.07. The van der Waals surface area contributed by atoms with Crippen molar-refractivity contribution in [3.63, 3.8) is 0 Å². The average Bonchev–Trinajstić information content (AvgIpc) is 2.61. The fourth-order valence-corrected chi connectivity index (χ4v) is 3.60. The molecule has 0 aliphatic heterocycles. The summed E-state index contributed by atoms with van der Waals surface area (Å²) in [7, 11) is 0. The maximum Gasteiger partial charge on any atom is 0.202 e. The molecule has 2 N–H and O–H groups in total. The van der Waals surface area contributed by atoms with Gasteiger partial charge in [0.2, 0.25) is 5.78 Å². The van der Waals surface area contributed by atoms with E-state index in [1.54, 1.807) is 0 Å². The molecule has 0 saturated carbocycles. The van der Waals surface area contributed by atoms with Crippen molar-refractivity contribution in [2.75, 3.05) is 0 Å². The summed E-state index contributed by atoms with van der Waals surface area (Å²) in [5.41, 5.74) is -0.587. The molecule has 3 rings (SSSR count). The second-order valence-electron chi connectivity index (χ2n) is 5.76. The van der Waals surface area contributed by atoms with Crippen molar-refractivity contribution in [2.24, 2.45) is 0 Å². The Labute approximate surface area is 179 Å². The predicted molar refractivity (Wildman–Crippen MR) is 110 cm³/mol. The molecule has 0 bridgehead atoms. The first-order valence-electron chi connectivity index (χ1n) is 7.75. The molecule has 8 heteroatoms. The van der Waals surface area contributed by atoms with E-state index in [9.17, 15) is 19.8 Å². The molecular weight excluding hydrogens is 446 g/mol. The van der Waals surface area contributed by atoms with Gasteiger partial charge in [0.05, 0.1) is 15.6 Å². The van der Waals surface area contributed by atoms with E-state index in [-0.39, 0.29) is 26.7 Å². The van der Waals surface area contributed by atoms with Gasteiger partial charge in [0, 0.05) is 21.2 Å². The number of hydrogen-bond acceptors (Lipinski definition) is 4. The number of aromatic hydroxyl groups is 2. The van der Waals surface area contributed by atoms with Crippen LogP contribution in [0, 0.1) is 0 Å². The van der Waals surface area contributed by atoms with Crippen LogP contribution in [-0.2, 0) is 0 Å². The van der Waals surface area contributed by atoms with Crippen LogP contribution in [0.3, 0.4) is 0 Å². The Morgan fingerprint density at radius 1 is 0.643 bits per heavy atom. The van der Waals surface area contributed by atoms with Crippen molar-refractivity contribution in [3.8, 4) is 11.5 Å². The quantitative estimate of drug-likeness (QED) is 0.461. The lowest BCUT2D eigenvalue weighted by atomic mass is 9.95. The first-order chi connectivity index (χ1) is 13.2. The van der Waals surface area contributed by atoms with E-state index in [0.717, 1.165) is 6.07 Å². The number of ketones is 2. The summed E-state index contributed by atoms with van der Waals surface area (Å²) in [4.78, 5) is 25.7. The monoisotopic (exact) mass is 454 g/mol. The fourth-order valence-electron chi connectivity index (χ4n) is 2.61. The lowest BCUT2D eigenvalue weighted by Gasteiger charge is -2.12. The van der Waals surface area contributed by atoms with Crippen molar-refractivity contribution in [1.29, 1.82) is 0 Å². The Hall–Kier alpha value is -2.24. The largest absolute Gasteiger partial charge is 0.507 e. The first kappa shape index (κ1) is 20.5. The van der Waals surface area contributed by atoms with E-state index < -0.39 is 28.6 Å². The maximum absolute atomic E-state index is 12.8. The Bertz CT molecular complexity index is 1130. The van der Waals surface area contributed by atoms with E-state index in [4.69, 9.17) is 46.4 Å². The highest BCUT2D eigenvalue weighted by Crippen LogP contribution is 2.36. The summed E-state index contributed by atoms with van der Waals surface area (Å²) < 4.78 is 0. The molecule has 0 radical (unpaired) electrons. The zero-order valence-corrected chi connectivity index (χ0v) is 16.9. The molecule has 0 atom stereocenters. The summed E-state index contributed by atoms with van der Waals surface area (Å²) in [6, 6.07) is 10.7. The van der Waals surface area contributed by atoms with Crippen molar-refractivity contribution in [1.82, 2.24) is 0 Å². The van der Waals surface area contributed by atoms with Crippen LogP contribution >= 0.6 is 46.4 Å². The van der Waals surface area contributed by atoms with Crippen LogP contribution in [0.25, 0.3) is 0 Å². The van der Waals surface area contributed by atoms with Gasteiger partial charge in [-0.2, -0.15) is 0 Å². The van der Waals surface area contributed by atoms with Crippen LogP contribution in [0.2, 0.25) is 20.1 Å². The van der Waals surface area contributed by atoms with Crippen LogP contribution < -0.4 is 0 Å². The van der Waals surface area contributed by atoms with Gasteiger partial charge in [-0.05, 0) is 48.5 Å². The molecule has 0 saturated heterocycles. The van der Waals surface area contributed by atoms with E-state index in [2.05, 4.69) is 0 Å². The van der Waals surface area contributed by atoms with Gasteiger partial charge in [0.25, 0.3) is 0 Å². The lowest BCUT2D eigenvalue weighted by Crippen LogP contribution is -2.08. The predicted octanol–water partition coefficient (Wildman–Crippen LogP) is 6.17. The van der Waals surface area contributed by atoms with Gasteiger partial charge in [-0.3, -0.25) is 9.59 Å². The summed E-state index contributed by atoms with van der Waals surface area (Å²) >= 11 is 23.8.